The zero-order valence-corrected chi connectivity index (χ0v) is 25.0. The standard InChI is InChI=1S/C38H34N2O4/c1-4-9-24-14-16-25(17-15-24)35(41)33-34(36(42)26-18-20-27(44-3)21-19-26)40-31-13-8-5-10-28(31)23(2)22-32(40)38(33)29-11-6-7-12-30(29)39-37(38)43/h5-8,10-22,32-34H,4,9H2,1-3H3,(H,39,43)/t32-,33-,34+,38+/m1/s1. The van der Waals surface area contributed by atoms with E-state index >= 15 is 4.79 Å². The fourth-order valence-electron chi connectivity index (χ4n) is 7.62. The van der Waals surface area contributed by atoms with E-state index in [1.54, 1.807) is 31.4 Å². The molecule has 0 aromatic heterocycles. The summed E-state index contributed by atoms with van der Waals surface area (Å²) in [6.45, 7) is 4.15. The van der Waals surface area contributed by atoms with Crippen molar-refractivity contribution in [3.05, 3.63) is 131 Å². The topological polar surface area (TPSA) is 75.7 Å². The smallest absolute Gasteiger partial charge is 0.238 e. The van der Waals surface area contributed by atoms with Crippen LogP contribution < -0.4 is 15.0 Å². The molecule has 3 heterocycles. The number of nitrogens with zero attached hydrogens (tertiary/aromatic N) is 1. The number of nitrogens with one attached hydrogen (secondary N) is 1. The number of aryl methyl sites for hydroxylation is 1. The van der Waals surface area contributed by atoms with Crippen LogP contribution in [0.3, 0.4) is 0 Å². The van der Waals surface area contributed by atoms with Gasteiger partial charge in [0.1, 0.15) is 17.2 Å². The summed E-state index contributed by atoms with van der Waals surface area (Å²) in [4.78, 5) is 46.5. The number of allylic oxidation sites excluding steroid dienone is 1. The van der Waals surface area contributed by atoms with Gasteiger partial charge in [0.15, 0.2) is 11.6 Å². The van der Waals surface area contributed by atoms with Crippen molar-refractivity contribution in [2.45, 2.75) is 44.2 Å². The molecule has 1 amide bonds. The third-order valence-corrected chi connectivity index (χ3v) is 9.59. The Labute approximate surface area is 257 Å². The monoisotopic (exact) mass is 582 g/mol. The van der Waals surface area contributed by atoms with E-state index in [2.05, 4.69) is 18.3 Å². The molecular formula is C38H34N2O4. The van der Waals surface area contributed by atoms with Crippen LogP contribution in [-0.4, -0.2) is 36.7 Å². The van der Waals surface area contributed by atoms with E-state index in [1.165, 1.54) is 0 Å². The molecule has 1 spiro atoms. The normalized spacial score (nSPS) is 23.0. The first-order valence-corrected chi connectivity index (χ1v) is 15.2. The van der Waals surface area contributed by atoms with Gasteiger partial charge < -0.3 is 15.0 Å². The van der Waals surface area contributed by atoms with Crippen LogP contribution in [0.4, 0.5) is 11.4 Å². The van der Waals surface area contributed by atoms with Gasteiger partial charge in [-0.1, -0.05) is 80.1 Å². The van der Waals surface area contributed by atoms with Crippen LogP contribution in [0.25, 0.3) is 5.57 Å². The van der Waals surface area contributed by atoms with Gasteiger partial charge in [-0.05, 0) is 66.4 Å². The molecule has 6 heteroatoms. The quantitative estimate of drug-likeness (QED) is 0.240. The van der Waals surface area contributed by atoms with Gasteiger partial charge in [-0.25, -0.2) is 0 Å². The van der Waals surface area contributed by atoms with Crippen molar-refractivity contribution in [2.24, 2.45) is 5.92 Å². The van der Waals surface area contributed by atoms with Crippen LogP contribution in [0.15, 0.2) is 103 Å². The lowest BCUT2D eigenvalue weighted by Gasteiger charge is -2.39. The van der Waals surface area contributed by atoms with Crippen molar-refractivity contribution in [3.8, 4) is 5.75 Å². The van der Waals surface area contributed by atoms with Crippen molar-refractivity contribution in [1.29, 1.82) is 0 Å². The Bertz CT molecular complexity index is 1820. The summed E-state index contributed by atoms with van der Waals surface area (Å²) in [5, 5.41) is 3.10. The summed E-state index contributed by atoms with van der Waals surface area (Å²) >= 11 is 0. The molecule has 4 aromatic rings. The van der Waals surface area contributed by atoms with Gasteiger partial charge in [0.25, 0.3) is 0 Å². The van der Waals surface area contributed by atoms with Crippen LogP contribution in [0.1, 0.15) is 57.7 Å². The van der Waals surface area contributed by atoms with E-state index < -0.39 is 23.4 Å². The van der Waals surface area contributed by atoms with Crippen molar-refractivity contribution >= 4 is 34.4 Å². The van der Waals surface area contributed by atoms with E-state index in [4.69, 9.17) is 4.74 Å². The highest BCUT2D eigenvalue weighted by Gasteiger charge is 2.70. The molecule has 0 saturated carbocycles. The van der Waals surface area contributed by atoms with E-state index in [1.807, 2.05) is 84.6 Å². The first-order valence-electron chi connectivity index (χ1n) is 15.2. The molecule has 44 heavy (non-hydrogen) atoms. The maximum atomic E-state index is 15.0. The number of hydrogen-bond donors (Lipinski definition) is 1. The fraction of sp³-hybridized carbons (Fsp3) is 0.237. The van der Waals surface area contributed by atoms with E-state index in [0.717, 1.165) is 40.8 Å². The highest BCUT2D eigenvalue weighted by Crippen LogP contribution is 2.58. The number of amides is 1. The van der Waals surface area contributed by atoms with Crippen molar-refractivity contribution in [3.63, 3.8) is 0 Å². The average Bonchev–Trinajstić information content (AvgIpc) is 3.53. The molecule has 220 valence electrons. The first-order chi connectivity index (χ1) is 21.4. The zero-order chi connectivity index (χ0) is 30.6. The van der Waals surface area contributed by atoms with Gasteiger partial charge in [-0.15, -0.1) is 0 Å². The number of benzene rings is 4. The number of carbonyl (C=O) groups excluding carboxylic acids is 3. The SMILES string of the molecule is CCCc1ccc(C(=O)[C@H]2[C@@H](C(=O)c3ccc(OC)cc3)N3c4ccccc4C(C)=C[C@@H]3[C@]23C(=O)Nc2ccccc23)cc1. The summed E-state index contributed by atoms with van der Waals surface area (Å²) in [5.41, 5.74) is 5.01. The molecule has 4 atom stereocenters. The minimum Gasteiger partial charge on any atom is -0.497 e. The lowest BCUT2D eigenvalue weighted by molar-refractivity contribution is -0.121. The summed E-state index contributed by atoms with van der Waals surface area (Å²) < 4.78 is 5.36. The Morgan fingerprint density at radius 2 is 1.52 bits per heavy atom. The molecule has 4 aromatic carbocycles. The zero-order valence-electron chi connectivity index (χ0n) is 25.0. The van der Waals surface area contributed by atoms with E-state index in [9.17, 15) is 9.59 Å². The average molecular weight is 583 g/mol. The molecule has 0 bridgehead atoms. The number of ketones is 2. The van der Waals surface area contributed by atoms with Gasteiger partial charge in [0.05, 0.1) is 19.1 Å². The van der Waals surface area contributed by atoms with Crippen molar-refractivity contribution in [1.82, 2.24) is 0 Å². The van der Waals surface area contributed by atoms with Crippen LogP contribution in [0.5, 0.6) is 5.75 Å². The van der Waals surface area contributed by atoms with Gasteiger partial charge in [-0.3, -0.25) is 14.4 Å². The molecule has 6 nitrogen and oxygen atoms in total. The number of carbonyl (C=O) groups is 3. The highest BCUT2D eigenvalue weighted by atomic mass is 16.5. The van der Waals surface area contributed by atoms with Crippen LogP contribution in [0.2, 0.25) is 0 Å². The number of anilines is 2. The third-order valence-electron chi connectivity index (χ3n) is 9.59. The van der Waals surface area contributed by atoms with Gasteiger partial charge in [-0.2, -0.15) is 0 Å². The lowest BCUT2D eigenvalue weighted by Crippen LogP contribution is -2.51. The van der Waals surface area contributed by atoms with E-state index in [0.29, 0.717) is 22.6 Å². The van der Waals surface area contributed by atoms with Gasteiger partial charge >= 0.3 is 0 Å². The number of para-hydroxylation sites is 2. The summed E-state index contributed by atoms with van der Waals surface area (Å²) in [7, 11) is 1.58. The number of Topliss-reactive ketones (excluding diaryl/α,β-unsaturated/α-hetero) is 2. The Balaban J connectivity index is 1.50. The molecule has 1 N–H and O–H groups in total. The Morgan fingerprint density at radius 1 is 0.864 bits per heavy atom. The number of rotatable bonds is 7. The van der Waals surface area contributed by atoms with Crippen molar-refractivity contribution < 1.29 is 19.1 Å². The Kier molecular flexibility index (Phi) is 6.73. The van der Waals surface area contributed by atoms with Crippen LogP contribution in [-0.2, 0) is 16.6 Å². The summed E-state index contributed by atoms with van der Waals surface area (Å²) in [6.07, 6.45) is 3.99. The Hall–Kier alpha value is -4.97. The molecule has 7 rings (SSSR count). The lowest BCUT2D eigenvalue weighted by atomic mass is 9.64. The molecule has 3 aliphatic rings. The van der Waals surface area contributed by atoms with E-state index in [-0.39, 0.29) is 17.5 Å². The van der Waals surface area contributed by atoms with Gasteiger partial charge in [0.2, 0.25) is 5.91 Å². The number of hydrogen-bond acceptors (Lipinski definition) is 5. The predicted molar refractivity (Wildman–Crippen MR) is 172 cm³/mol. The third kappa shape index (κ3) is 3.97. The van der Waals surface area contributed by atoms with Crippen LogP contribution >= 0.6 is 0 Å². The second-order valence-electron chi connectivity index (χ2n) is 11.9. The maximum Gasteiger partial charge on any atom is 0.238 e. The summed E-state index contributed by atoms with van der Waals surface area (Å²) in [6, 6.07) is 28.7. The molecule has 3 aliphatic heterocycles. The molecule has 1 fully saturated rings. The summed E-state index contributed by atoms with van der Waals surface area (Å²) in [5.74, 6) is -1.06. The molecule has 0 radical (unpaired) electrons. The van der Waals surface area contributed by atoms with Crippen molar-refractivity contribution in [2.75, 3.05) is 17.3 Å². The second kappa shape index (κ2) is 10.6. The molecular weight excluding hydrogens is 548 g/mol. The van der Waals surface area contributed by atoms with Crippen LogP contribution in [0, 0.1) is 5.92 Å². The fourth-order valence-corrected chi connectivity index (χ4v) is 7.62. The largest absolute Gasteiger partial charge is 0.497 e. The minimum absolute atomic E-state index is 0.213. The molecule has 0 aliphatic carbocycles. The first kappa shape index (κ1) is 27.8. The number of fused-ring (bicyclic) bond motifs is 6. The molecule has 0 unspecified atom stereocenters. The number of methoxy groups -OCH3 is 1. The molecule has 1 saturated heterocycles. The second-order valence-corrected chi connectivity index (χ2v) is 11.9. The number of ether oxygens (including phenoxy) is 1. The Morgan fingerprint density at radius 3 is 2.25 bits per heavy atom. The minimum atomic E-state index is -1.34. The van der Waals surface area contributed by atoms with Gasteiger partial charge in [0, 0.05) is 28.1 Å². The maximum absolute atomic E-state index is 15.0. The highest BCUT2D eigenvalue weighted by molar-refractivity contribution is 6.18. The predicted octanol–water partition coefficient (Wildman–Crippen LogP) is 6.89.